The lowest BCUT2D eigenvalue weighted by Gasteiger charge is -2.43. The summed E-state index contributed by atoms with van der Waals surface area (Å²) in [6.45, 7) is 19.1. The fraction of sp³-hybridized carbons (Fsp3) is 0.773. The van der Waals surface area contributed by atoms with Crippen LogP contribution in [0.2, 0.25) is 36.3 Å². The van der Waals surface area contributed by atoms with Gasteiger partial charge in [0.05, 0.1) is 12.8 Å². The molecule has 2 rings (SSSR count). The highest BCUT2D eigenvalue weighted by atomic mass is 28.4. The zero-order chi connectivity index (χ0) is 27.4. The van der Waals surface area contributed by atoms with E-state index < -0.39 is 70.3 Å². The molecule has 13 heteroatoms. The summed E-state index contributed by atoms with van der Waals surface area (Å²) >= 11 is 0. The predicted octanol–water partition coefficient (Wildman–Crippen LogP) is 3.18. The van der Waals surface area contributed by atoms with E-state index in [0.717, 1.165) is 0 Å². The Morgan fingerprint density at radius 3 is 2.11 bits per heavy atom. The molecule has 1 aromatic heterocycles. The van der Waals surface area contributed by atoms with E-state index in [1.807, 2.05) is 67.7 Å². The molecule has 35 heavy (non-hydrogen) atoms. The first-order chi connectivity index (χ1) is 15.6. The molecule has 3 N–H and O–H groups in total. The molecule has 0 aliphatic carbocycles. The van der Waals surface area contributed by atoms with E-state index in [0.29, 0.717) is 10.8 Å². The van der Waals surface area contributed by atoms with Crippen LogP contribution in [0.4, 0.5) is 8.78 Å². The second kappa shape index (κ2) is 9.32. The van der Waals surface area contributed by atoms with Crippen LogP contribution < -0.4 is 17.0 Å². The third-order valence-corrected chi connectivity index (χ3v) is 16.6. The van der Waals surface area contributed by atoms with Crippen LogP contribution in [-0.4, -0.2) is 56.6 Å². The highest BCUT2D eigenvalue weighted by molar-refractivity contribution is 6.74. The Balaban J connectivity index is 2.66. The summed E-state index contributed by atoms with van der Waals surface area (Å²) in [5, 5.41) is -0.608. The van der Waals surface area contributed by atoms with Gasteiger partial charge < -0.3 is 19.3 Å². The lowest BCUT2D eigenvalue weighted by atomic mass is 9.96. The molecule has 0 aromatic carbocycles. The van der Waals surface area contributed by atoms with Crippen molar-refractivity contribution in [3.63, 3.8) is 0 Å². The van der Waals surface area contributed by atoms with Gasteiger partial charge in [0.25, 0.3) is 11.5 Å². The van der Waals surface area contributed by atoms with E-state index >= 15 is 4.39 Å². The number of aromatic amines is 1. The number of rotatable bonds is 7. The van der Waals surface area contributed by atoms with Gasteiger partial charge in [-0.25, -0.2) is 9.18 Å². The summed E-state index contributed by atoms with van der Waals surface area (Å²) in [6.07, 6.45) is -4.85. The van der Waals surface area contributed by atoms with Crippen LogP contribution in [0.5, 0.6) is 0 Å². The maximum absolute atomic E-state index is 16.1. The second-order valence-corrected chi connectivity index (χ2v) is 21.8. The minimum absolute atomic E-state index is 0.242. The Hall–Kier alpha value is -1.68. The van der Waals surface area contributed by atoms with Gasteiger partial charge in [-0.1, -0.05) is 41.5 Å². The molecule has 1 aromatic rings. The SMILES string of the molecule is CC(C)(C)[Si](C)(C)OC[C@@]1(C(N)=O)O[C@@H](n2cc(F)c(=O)[nH]c2=O)[C@@H](F)[C@@H]1O[Si](C)(C)C(C)(C)C. The van der Waals surface area contributed by atoms with Crippen molar-refractivity contribution in [1.82, 2.24) is 9.55 Å². The van der Waals surface area contributed by atoms with Gasteiger partial charge in [-0.2, -0.15) is 4.39 Å². The van der Waals surface area contributed by atoms with E-state index in [1.54, 1.807) is 4.98 Å². The zero-order valence-electron chi connectivity index (χ0n) is 22.2. The lowest BCUT2D eigenvalue weighted by Crippen LogP contribution is -2.62. The second-order valence-electron chi connectivity index (χ2n) is 12.2. The molecule has 1 aliphatic rings. The molecule has 0 unspecified atom stereocenters. The van der Waals surface area contributed by atoms with E-state index in [-0.39, 0.29) is 10.1 Å². The van der Waals surface area contributed by atoms with Crippen LogP contribution in [0.25, 0.3) is 0 Å². The molecule has 1 fully saturated rings. The average molecular weight is 536 g/mol. The first-order valence-corrected chi connectivity index (χ1v) is 17.3. The van der Waals surface area contributed by atoms with Crippen molar-refractivity contribution in [2.45, 2.75) is 102 Å². The van der Waals surface area contributed by atoms with Gasteiger partial charge >= 0.3 is 5.69 Å². The number of carbonyl (C=O) groups excluding carboxylic acids is 1. The third-order valence-electron chi connectivity index (χ3n) is 7.65. The number of carbonyl (C=O) groups is 1. The van der Waals surface area contributed by atoms with Crippen LogP contribution >= 0.6 is 0 Å². The van der Waals surface area contributed by atoms with Crippen molar-refractivity contribution in [1.29, 1.82) is 0 Å². The minimum Gasteiger partial charge on any atom is -0.413 e. The summed E-state index contributed by atoms with van der Waals surface area (Å²) in [5.74, 6) is -2.33. The standard InChI is InChI=1S/C22H39F2N3O6Si2/c1-20(2,3)34(7,8)31-12-22(18(25)29)15(33-35(9,10)21(4,5)6)14(24)17(32-22)27-11-13(23)16(28)26-19(27)30/h11,14-15,17H,12H2,1-10H3,(H2,25,29)(H,26,28,30)/t14-,15-,17+,22+/m0/s1. The third kappa shape index (κ3) is 5.53. The maximum Gasteiger partial charge on any atom is 0.330 e. The Labute approximate surface area is 206 Å². The molecule has 0 spiro atoms. The highest BCUT2D eigenvalue weighted by Gasteiger charge is 2.64. The molecule has 0 radical (unpaired) electrons. The Morgan fingerprint density at radius 2 is 1.66 bits per heavy atom. The molecule has 1 aliphatic heterocycles. The topological polar surface area (TPSA) is 126 Å². The molecule has 1 saturated heterocycles. The zero-order valence-corrected chi connectivity index (χ0v) is 24.2. The van der Waals surface area contributed by atoms with Crippen molar-refractivity contribution in [3.8, 4) is 0 Å². The van der Waals surface area contributed by atoms with Gasteiger partial charge in [0.15, 0.2) is 34.6 Å². The number of halogens is 2. The van der Waals surface area contributed by atoms with E-state index in [1.165, 1.54) is 0 Å². The fourth-order valence-corrected chi connectivity index (χ4v) is 5.48. The number of nitrogens with zero attached hydrogens (tertiary/aromatic N) is 1. The first kappa shape index (κ1) is 29.6. The number of primary amides is 1. The molecule has 9 nitrogen and oxygen atoms in total. The summed E-state index contributed by atoms with van der Waals surface area (Å²) in [7, 11) is -5.18. The Bertz CT molecular complexity index is 1080. The molecule has 0 saturated carbocycles. The fourth-order valence-electron chi connectivity index (χ4n) is 3.16. The molecular formula is C22H39F2N3O6Si2. The Kier molecular flexibility index (Phi) is 7.87. The molecule has 200 valence electrons. The summed E-state index contributed by atoms with van der Waals surface area (Å²) < 4.78 is 49.2. The van der Waals surface area contributed by atoms with Gasteiger partial charge in [0.1, 0.15) is 6.10 Å². The van der Waals surface area contributed by atoms with E-state index in [2.05, 4.69) is 0 Å². The van der Waals surface area contributed by atoms with Crippen molar-refractivity contribution >= 4 is 22.5 Å². The van der Waals surface area contributed by atoms with Gasteiger partial charge in [0, 0.05) is 0 Å². The molecule has 0 bridgehead atoms. The summed E-state index contributed by atoms with van der Waals surface area (Å²) in [4.78, 5) is 38.7. The van der Waals surface area contributed by atoms with Gasteiger partial charge in [-0.05, 0) is 36.3 Å². The van der Waals surface area contributed by atoms with Gasteiger partial charge in [-0.3, -0.25) is 19.1 Å². The number of H-pyrrole nitrogens is 1. The summed E-state index contributed by atoms with van der Waals surface area (Å²) in [5.41, 5.74) is 1.36. The number of hydrogen-bond acceptors (Lipinski definition) is 6. The molecular weight excluding hydrogens is 496 g/mol. The monoisotopic (exact) mass is 535 g/mol. The van der Waals surface area contributed by atoms with Crippen molar-refractivity contribution in [3.05, 3.63) is 32.9 Å². The number of ether oxygens (including phenoxy) is 1. The number of nitrogens with two attached hydrogens (primary N) is 1. The number of hydrogen-bond donors (Lipinski definition) is 2. The number of alkyl halides is 1. The average Bonchev–Trinajstić information content (AvgIpc) is 2.94. The van der Waals surface area contributed by atoms with Crippen LogP contribution in [-0.2, 0) is 18.4 Å². The Morgan fingerprint density at radius 1 is 1.14 bits per heavy atom. The first-order valence-electron chi connectivity index (χ1n) is 11.5. The molecule has 4 atom stereocenters. The van der Waals surface area contributed by atoms with E-state index in [4.69, 9.17) is 19.3 Å². The van der Waals surface area contributed by atoms with Crippen molar-refractivity contribution < 1.29 is 27.2 Å². The van der Waals surface area contributed by atoms with E-state index in [9.17, 15) is 18.8 Å². The normalized spacial score (nSPS) is 26.2. The van der Waals surface area contributed by atoms with Crippen molar-refractivity contribution in [2.24, 2.45) is 5.73 Å². The minimum atomic E-state index is -2.71. The predicted molar refractivity (Wildman–Crippen MR) is 133 cm³/mol. The largest absolute Gasteiger partial charge is 0.413 e. The van der Waals surface area contributed by atoms with Gasteiger partial charge in [0.2, 0.25) is 5.82 Å². The number of aromatic nitrogens is 2. The van der Waals surface area contributed by atoms with Gasteiger partial charge in [-0.15, -0.1) is 0 Å². The van der Waals surface area contributed by atoms with Crippen molar-refractivity contribution in [2.75, 3.05) is 6.61 Å². The molecule has 2 heterocycles. The van der Waals surface area contributed by atoms with Crippen LogP contribution in [0, 0.1) is 5.82 Å². The summed E-state index contributed by atoms with van der Waals surface area (Å²) in [6, 6.07) is 0. The number of nitrogens with one attached hydrogen (secondary N) is 1. The molecule has 1 amide bonds. The quantitative estimate of drug-likeness (QED) is 0.517. The maximum atomic E-state index is 16.1. The van der Waals surface area contributed by atoms with Crippen LogP contribution in [0.1, 0.15) is 47.8 Å². The highest BCUT2D eigenvalue weighted by Crippen LogP contribution is 2.47. The smallest absolute Gasteiger partial charge is 0.330 e. The van der Waals surface area contributed by atoms with Crippen LogP contribution in [0.3, 0.4) is 0 Å². The lowest BCUT2D eigenvalue weighted by molar-refractivity contribution is -0.161. The number of amides is 1. The van der Waals surface area contributed by atoms with Crippen LogP contribution in [0.15, 0.2) is 15.8 Å².